The molecule has 12 nitrogen and oxygen atoms in total. The molecule has 0 radical (unpaired) electrons. The van der Waals surface area contributed by atoms with E-state index in [1.807, 2.05) is 6.08 Å². The molecule has 6 N–H and O–H groups in total. The molecule has 0 aliphatic carbocycles. The number of rotatable bonds is 52. The van der Waals surface area contributed by atoms with Crippen LogP contribution in [0.3, 0.4) is 0 Å². The second kappa shape index (κ2) is 47.5. The van der Waals surface area contributed by atoms with Crippen molar-refractivity contribution in [1.29, 1.82) is 0 Å². The maximum atomic E-state index is 13.1. The molecule has 0 aromatic rings. The third kappa shape index (κ3) is 39.3. The minimum absolute atomic E-state index is 0.258. The second-order valence-electron chi connectivity index (χ2n) is 20.9. The minimum Gasteiger partial charge on any atom is -0.394 e. The van der Waals surface area contributed by atoms with Crippen molar-refractivity contribution < 1.29 is 51.8 Å². The highest BCUT2D eigenvalue weighted by molar-refractivity contribution is 7.80. The van der Waals surface area contributed by atoms with Gasteiger partial charge in [-0.25, -0.2) is 4.18 Å². The molecular formula is C57H111NO11S. The normalized spacial score (nSPS) is 19.6. The van der Waals surface area contributed by atoms with Gasteiger partial charge in [0.05, 0.1) is 25.4 Å². The Morgan fingerprint density at radius 1 is 0.557 bits per heavy atom. The van der Waals surface area contributed by atoms with Crippen LogP contribution >= 0.6 is 0 Å². The van der Waals surface area contributed by atoms with E-state index >= 15 is 0 Å². The number of carbonyl (C=O) groups excluding carboxylic acids is 1. The van der Waals surface area contributed by atoms with Gasteiger partial charge in [0, 0.05) is 6.42 Å². The minimum atomic E-state index is -5.08. The van der Waals surface area contributed by atoms with Crippen molar-refractivity contribution >= 4 is 16.3 Å². The molecule has 1 fully saturated rings. The van der Waals surface area contributed by atoms with Crippen LogP contribution < -0.4 is 5.32 Å². The lowest BCUT2D eigenvalue weighted by atomic mass is 9.99. The largest absolute Gasteiger partial charge is 0.397 e. The Hall–Kier alpha value is -1.16. The van der Waals surface area contributed by atoms with Gasteiger partial charge in [-0.2, -0.15) is 8.42 Å². The number of unbranched alkanes of at least 4 members (excludes halogenated alkanes) is 40. The van der Waals surface area contributed by atoms with Gasteiger partial charge in [0.2, 0.25) is 5.91 Å². The fourth-order valence-corrected chi connectivity index (χ4v) is 10.3. The van der Waals surface area contributed by atoms with Crippen molar-refractivity contribution in [3.8, 4) is 0 Å². The summed E-state index contributed by atoms with van der Waals surface area (Å²) in [6.45, 7) is 3.40. The van der Waals surface area contributed by atoms with E-state index in [0.29, 0.717) is 6.42 Å². The van der Waals surface area contributed by atoms with Crippen molar-refractivity contribution in [3.63, 3.8) is 0 Å². The fraction of sp³-hybridized carbons (Fsp3) is 0.947. The number of allylic oxidation sites excluding steroid dienone is 1. The molecule has 0 saturated carbocycles. The number of hydrogen-bond donors (Lipinski definition) is 6. The zero-order valence-electron chi connectivity index (χ0n) is 45.1. The SMILES string of the molecule is CCCCCCCCCC/C=C/C(O)C(COC1OC(CO)C(O)C(OS(=O)(=O)O)C1O)NC(=O)CCCCCCCCCCCCCCCCCCCCCCCCCCCCCCCCCCC. The number of amides is 1. The van der Waals surface area contributed by atoms with Gasteiger partial charge in [0.15, 0.2) is 6.29 Å². The number of aliphatic hydroxyl groups excluding tert-OH is 4. The van der Waals surface area contributed by atoms with E-state index in [1.165, 1.54) is 225 Å². The monoisotopic (exact) mass is 1020 g/mol. The average molecular weight is 1020 g/mol. The van der Waals surface area contributed by atoms with Crippen LogP contribution in [0.4, 0.5) is 0 Å². The summed E-state index contributed by atoms with van der Waals surface area (Å²) in [4.78, 5) is 13.1. The summed E-state index contributed by atoms with van der Waals surface area (Å²) in [6.07, 6.45) is 48.8. The topological polar surface area (TPSA) is 192 Å². The highest BCUT2D eigenvalue weighted by Crippen LogP contribution is 2.26. The van der Waals surface area contributed by atoms with Gasteiger partial charge >= 0.3 is 10.4 Å². The molecule has 1 rings (SSSR count). The number of nitrogens with one attached hydrogen (secondary N) is 1. The Bertz CT molecular complexity index is 1290. The Morgan fingerprint density at radius 2 is 0.900 bits per heavy atom. The van der Waals surface area contributed by atoms with E-state index in [2.05, 4.69) is 23.3 Å². The lowest BCUT2D eigenvalue weighted by Crippen LogP contribution is -2.61. The molecule has 1 aliphatic heterocycles. The van der Waals surface area contributed by atoms with Crippen molar-refractivity contribution in [1.82, 2.24) is 5.32 Å². The molecule has 0 aromatic heterocycles. The van der Waals surface area contributed by atoms with Crippen LogP contribution in [0.5, 0.6) is 0 Å². The zero-order valence-corrected chi connectivity index (χ0v) is 45.9. The molecule has 7 atom stereocenters. The van der Waals surface area contributed by atoms with Crippen molar-refractivity contribution in [2.45, 2.75) is 333 Å². The van der Waals surface area contributed by atoms with Gasteiger partial charge in [-0.3, -0.25) is 9.35 Å². The molecule has 7 unspecified atom stereocenters. The summed E-state index contributed by atoms with van der Waals surface area (Å²) in [6, 6.07) is -0.938. The van der Waals surface area contributed by atoms with E-state index < -0.39 is 59.9 Å². The van der Waals surface area contributed by atoms with Crippen molar-refractivity contribution in [3.05, 3.63) is 12.2 Å². The number of ether oxygens (including phenoxy) is 2. The summed E-state index contributed by atoms with van der Waals surface area (Å²) >= 11 is 0. The van der Waals surface area contributed by atoms with Gasteiger partial charge in [-0.15, -0.1) is 0 Å². The van der Waals surface area contributed by atoms with Gasteiger partial charge in [-0.05, 0) is 19.3 Å². The summed E-state index contributed by atoms with van der Waals surface area (Å²) in [5, 5.41) is 44.8. The first-order chi connectivity index (χ1) is 34.0. The smallest absolute Gasteiger partial charge is 0.394 e. The van der Waals surface area contributed by atoms with E-state index in [4.69, 9.17) is 9.47 Å². The quantitative estimate of drug-likeness (QED) is 0.0193. The first-order valence-electron chi connectivity index (χ1n) is 29.6. The lowest BCUT2D eigenvalue weighted by molar-refractivity contribution is -0.298. The Morgan fingerprint density at radius 3 is 1.24 bits per heavy atom. The average Bonchev–Trinajstić information content (AvgIpc) is 3.33. The molecule has 1 aliphatic rings. The molecule has 1 saturated heterocycles. The Balaban J connectivity index is 2.16. The molecule has 70 heavy (non-hydrogen) atoms. The van der Waals surface area contributed by atoms with E-state index in [0.717, 1.165) is 38.5 Å². The zero-order chi connectivity index (χ0) is 51.2. The van der Waals surface area contributed by atoms with Crippen LogP contribution in [0.1, 0.15) is 290 Å². The molecule has 1 amide bonds. The number of aliphatic hydroxyl groups is 4. The summed E-state index contributed by atoms with van der Waals surface area (Å²) in [5.41, 5.74) is 0. The van der Waals surface area contributed by atoms with E-state index in [1.54, 1.807) is 6.08 Å². The maximum Gasteiger partial charge on any atom is 0.397 e. The summed E-state index contributed by atoms with van der Waals surface area (Å²) < 4.78 is 47.7. The highest BCUT2D eigenvalue weighted by atomic mass is 32.3. The highest BCUT2D eigenvalue weighted by Gasteiger charge is 2.48. The molecule has 13 heteroatoms. The second-order valence-corrected chi connectivity index (χ2v) is 22.0. The third-order valence-electron chi connectivity index (χ3n) is 14.3. The number of hydrogen-bond acceptors (Lipinski definition) is 10. The Labute approximate surface area is 430 Å². The first-order valence-corrected chi connectivity index (χ1v) is 30.9. The summed E-state index contributed by atoms with van der Waals surface area (Å²) in [7, 11) is -5.08. The van der Waals surface area contributed by atoms with Crippen molar-refractivity contribution in [2.75, 3.05) is 13.2 Å². The van der Waals surface area contributed by atoms with Crippen LogP contribution in [0, 0.1) is 0 Å². The van der Waals surface area contributed by atoms with Gasteiger partial charge < -0.3 is 35.2 Å². The van der Waals surface area contributed by atoms with Gasteiger partial charge in [-0.1, -0.05) is 276 Å². The summed E-state index contributed by atoms with van der Waals surface area (Å²) in [5.74, 6) is -0.258. The molecule has 0 bridgehead atoms. The molecule has 0 aromatic carbocycles. The van der Waals surface area contributed by atoms with Crippen LogP contribution in [0.2, 0.25) is 0 Å². The molecular weight excluding hydrogens is 907 g/mol. The molecule has 1 heterocycles. The van der Waals surface area contributed by atoms with Crippen LogP contribution in [0.15, 0.2) is 12.2 Å². The van der Waals surface area contributed by atoms with Gasteiger partial charge in [0.25, 0.3) is 0 Å². The lowest BCUT2D eigenvalue weighted by Gasteiger charge is -2.41. The van der Waals surface area contributed by atoms with Crippen LogP contribution in [-0.4, -0.2) is 95.4 Å². The fourth-order valence-electron chi connectivity index (χ4n) is 9.75. The van der Waals surface area contributed by atoms with Gasteiger partial charge in [0.1, 0.15) is 24.4 Å². The molecule has 416 valence electrons. The third-order valence-corrected chi connectivity index (χ3v) is 14.8. The standard InChI is InChI=1S/C57H111NO11S/c1-3-5-7-9-11-13-15-16-17-18-19-20-21-22-23-24-25-26-27-28-29-30-31-32-33-34-35-36-37-39-41-43-45-47-53(61)58-50(51(60)46-44-42-40-38-14-12-10-8-6-4-2)49-67-57-55(63)56(69-70(64,65)66)54(62)52(48-59)68-57/h44,46,50-52,54-57,59-60,62-63H,3-43,45,47-49H2,1-2H3,(H,58,61)(H,64,65,66)/b46-44+. The molecule has 0 spiro atoms. The first kappa shape index (κ1) is 66.9. The predicted octanol–water partition coefficient (Wildman–Crippen LogP) is 13.8. The van der Waals surface area contributed by atoms with Crippen LogP contribution in [-0.2, 0) is 28.9 Å². The number of carbonyl (C=O) groups is 1. The predicted molar refractivity (Wildman–Crippen MR) is 287 cm³/mol. The maximum absolute atomic E-state index is 13.1. The van der Waals surface area contributed by atoms with E-state index in [9.17, 15) is 38.2 Å². The Kier molecular flexibility index (Phi) is 45.4. The van der Waals surface area contributed by atoms with Crippen LogP contribution in [0.25, 0.3) is 0 Å². The van der Waals surface area contributed by atoms with E-state index in [-0.39, 0.29) is 18.9 Å². The van der Waals surface area contributed by atoms with Crippen molar-refractivity contribution in [2.24, 2.45) is 0 Å².